The standard InChI is InChI=1S/C26H28N2O6/c1-27-15-18(17-8-5-6-9-19(17)27)23-22(25(30)26(31)28(23)12-7-13-32-2)24(29)16-10-11-20(33-3)21(14-16)34-4/h5-6,8-11,14-15,23,29H,7,12-13H2,1-4H3/b24-22+. The number of likely N-dealkylation sites (tertiary alicyclic amines) is 1. The van der Waals surface area contributed by atoms with Gasteiger partial charge in [-0.05, 0) is 30.7 Å². The van der Waals surface area contributed by atoms with Gasteiger partial charge in [-0.2, -0.15) is 0 Å². The monoisotopic (exact) mass is 464 g/mol. The van der Waals surface area contributed by atoms with E-state index in [1.54, 1.807) is 25.3 Å². The Bertz CT molecular complexity index is 1280. The van der Waals surface area contributed by atoms with Gasteiger partial charge in [-0.3, -0.25) is 9.59 Å². The summed E-state index contributed by atoms with van der Waals surface area (Å²) >= 11 is 0. The largest absolute Gasteiger partial charge is 0.507 e. The molecule has 0 bridgehead atoms. The van der Waals surface area contributed by atoms with Crippen LogP contribution >= 0.6 is 0 Å². The first-order chi connectivity index (χ1) is 16.4. The van der Waals surface area contributed by atoms with Crippen LogP contribution in [0, 0.1) is 0 Å². The van der Waals surface area contributed by atoms with Crippen molar-refractivity contribution in [1.82, 2.24) is 9.47 Å². The van der Waals surface area contributed by atoms with E-state index in [2.05, 4.69) is 0 Å². The van der Waals surface area contributed by atoms with Gasteiger partial charge in [0.25, 0.3) is 11.7 Å². The first-order valence-corrected chi connectivity index (χ1v) is 11.0. The van der Waals surface area contributed by atoms with Crippen LogP contribution in [0.1, 0.15) is 23.6 Å². The number of Topliss-reactive ketones (excluding diaryl/α,β-unsaturated/α-hetero) is 1. The summed E-state index contributed by atoms with van der Waals surface area (Å²) in [5.41, 5.74) is 2.15. The number of hydrogen-bond acceptors (Lipinski definition) is 6. The molecule has 1 saturated heterocycles. The maximum Gasteiger partial charge on any atom is 0.295 e. The van der Waals surface area contributed by atoms with Gasteiger partial charge in [0, 0.05) is 55.5 Å². The van der Waals surface area contributed by atoms with E-state index in [1.807, 2.05) is 42.1 Å². The lowest BCUT2D eigenvalue weighted by Gasteiger charge is -2.25. The highest BCUT2D eigenvalue weighted by atomic mass is 16.5. The second kappa shape index (κ2) is 9.61. The van der Waals surface area contributed by atoms with Crippen molar-refractivity contribution in [3.63, 3.8) is 0 Å². The summed E-state index contributed by atoms with van der Waals surface area (Å²) in [6, 6.07) is 11.9. The van der Waals surface area contributed by atoms with Gasteiger partial charge in [-0.1, -0.05) is 18.2 Å². The van der Waals surface area contributed by atoms with Crippen LogP contribution in [0.3, 0.4) is 0 Å². The Balaban J connectivity index is 1.92. The van der Waals surface area contributed by atoms with Crippen molar-refractivity contribution >= 4 is 28.4 Å². The maximum atomic E-state index is 13.3. The average Bonchev–Trinajstić information content (AvgIpc) is 3.32. The van der Waals surface area contributed by atoms with Crippen LogP contribution in [-0.4, -0.2) is 60.7 Å². The smallest absolute Gasteiger partial charge is 0.295 e. The molecule has 1 amide bonds. The number of para-hydroxylation sites is 1. The van der Waals surface area contributed by atoms with Crippen LogP contribution in [0.5, 0.6) is 11.5 Å². The zero-order valence-corrected chi connectivity index (χ0v) is 19.7. The summed E-state index contributed by atoms with van der Waals surface area (Å²) in [5.74, 6) is -0.725. The molecular weight excluding hydrogens is 436 g/mol. The molecule has 3 aromatic rings. The quantitative estimate of drug-likeness (QED) is 0.237. The highest BCUT2D eigenvalue weighted by Crippen LogP contribution is 2.43. The van der Waals surface area contributed by atoms with E-state index in [9.17, 15) is 14.7 Å². The minimum Gasteiger partial charge on any atom is -0.507 e. The summed E-state index contributed by atoms with van der Waals surface area (Å²) in [7, 11) is 6.51. The van der Waals surface area contributed by atoms with Crippen molar-refractivity contribution in [3.05, 3.63) is 65.4 Å². The highest BCUT2D eigenvalue weighted by molar-refractivity contribution is 6.46. The fraction of sp³-hybridized carbons (Fsp3) is 0.308. The third kappa shape index (κ3) is 3.90. The molecule has 1 atom stereocenters. The van der Waals surface area contributed by atoms with Crippen molar-refractivity contribution < 1.29 is 28.9 Å². The lowest BCUT2D eigenvalue weighted by Crippen LogP contribution is -2.31. The molecule has 0 radical (unpaired) electrons. The van der Waals surface area contributed by atoms with E-state index < -0.39 is 17.7 Å². The van der Waals surface area contributed by atoms with Gasteiger partial charge >= 0.3 is 0 Å². The van der Waals surface area contributed by atoms with Crippen molar-refractivity contribution in [2.45, 2.75) is 12.5 Å². The highest BCUT2D eigenvalue weighted by Gasteiger charge is 2.46. The Morgan fingerprint density at radius 3 is 2.47 bits per heavy atom. The number of fused-ring (bicyclic) bond motifs is 1. The molecule has 0 saturated carbocycles. The van der Waals surface area contributed by atoms with Gasteiger partial charge in [0.15, 0.2) is 11.5 Å². The SMILES string of the molecule is COCCCN1C(=O)C(=O)/C(=C(/O)c2ccc(OC)c(OC)c2)C1c1cn(C)c2ccccc12. The predicted octanol–water partition coefficient (Wildman–Crippen LogP) is 3.65. The van der Waals surface area contributed by atoms with Crippen molar-refractivity contribution in [1.29, 1.82) is 0 Å². The number of hydrogen-bond donors (Lipinski definition) is 1. The predicted molar refractivity (Wildman–Crippen MR) is 128 cm³/mol. The summed E-state index contributed by atoms with van der Waals surface area (Å²) in [4.78, 5) is 27.9. The van der Waals surface area contributed by atoms with E-state index in [0.29, 0.717) is 36.6 Å². The van der Waals surface area contributed by atoms with Crippen molar-refractivity contribution in [2.24, 2.45) is 7.05 Å². The van der Waals surface area contributed by atoms with E-state index in [-0.39, 0.29) is 11.3 Å². The topological polar surface area (TPSA) is 90.2 Å². The molecule has 2 heterocycles. The van der Waals surface area contributed by atoms with Gasteiger partial charge in [0.05, 0.1) is 25.8 Å². The van der Waals surface area contributed by atoms with Crippen LogP contribution in [0.25, 0.3) is 16.7 Å². The molecule has 1 unspecified atom stereocenters. The number of carbonyl (C=O) groups is 2. The van der Waals surface area contributed by atoms with Crippen LogP contribution in [-0.2, 0) is 21.4 Å². The maximum absolute atomic E-state index is 13.3. The molecule has 8 heteroatoms. The lowest BCUT2D eigenvalue weighted by molar-refractivity contribution is -0.140. The van der Waals surface area contributed by atoms with Crippen LogP contribution in [0.2, 0.25) is 0 Å². The average molecular weight is 465 g/mol. The molecule has 1 aliphatic heterocycles. The molecule has 1 N–H and O–H groups in total. The number of benzene rings is 2. The number of aryl methyl sites for hydroxylation is 1. The number of methoxy groups -OCH3 is 3. The number of aromatic nitrogens is 1. The van der Waals surface area contributed by atoms with Crippen LogP contribution in [0.15, 0.2) is 54.2 Å². The summed E-state index contributed by atoms with van der Waals surface area (Å²) in [6.07, 6.45) is 2.47. The number of aliphatic hydroxyl groups is 1. The Kier molecular flexibility index (Phi) is 6.61. The minimum atomic E-state index is -0.740. The van der Waals surface area contributed by atoms with E-state index >= 15 is 0 Å². The molecule has 0 spiro atoms. The molecule has 178 valence electrons. The summed E-state index contributed by atoms with van der Waals surface area (Å²) < 4.78 is 17.8. The fourth-order valence-electron chi connectivity index (χ4n) is 4.54. The lowest BCUT2D eigenvalue weighted by atomic mass is 9.94. The number of ether oxygens (including phenoxy) is 3. The number of nitrogens with zero attached hydrogens (tertiary/aromatic N) is 2. The van der Waals surface area contributed by atoms with E-state index in [4.69, 9.17) is 14.2 Å². The zero-order valence-electron chi connectivity index (χ0n) is 19.7. The zero-order chi connectivity index (χ0) is 24.4. The van der Waals surface area contributed by atoms with Gasteiger partial charge < -0.3 is 28.8 Å². The third-order valence-electron chi connectivity index (χ3n) is 6.17. The van der Waals surface area contributed by atoms with E-state index in [1.165, 1.54) is 19.1 Å². The molecule has 8 nitrogen and oxygen atoms in total. The number of amides is 1. The van der Waals surface area contributed by atoms with Gasteiger partial charge in [-0.25, -0.2) is 0 Å². The molecule has 4 rings (SSSR count). The van der Waals surface area contributed by atoms with E-state index in [0.717, 1.165) is 16.5 Å². The molecule has 34 heavy (non-hydrogen) atoms. The summed E-state index contributed by atoms with van der Waals surface area (Å²) in [5, 5.41) is 12.3. The Hall–Kier alpha value is -3.78. The second-order valence-electron chi connectivity index (χ2n) is 8.12. The van der Waals surface area contributed by atoms with Gasteiger partial charge in [0.1, 0.15) is 5.76 Å². The number of aliphatic hydroxyl groups excluding tert-OH is 1. The molecular formula is C26H28N2O6. The molecule has 2 aromatic carbocycles. The fourth-order valence-corrected chi connectivity index (χ4v) is 4.54. The van der Waals surface area contributed by atoms with Crippen molar-refractivity contribution in [3.8, 4) is 11.5 Å². The normalized spacial score (nSPS) is 17.5. The number of carbonyl (C=O) groups excluding carboxylic acids is 2. The molecule has 1 aliphatic rings. The Morgan fingerprint density at radius 2 is 1.76 bits per heavy atom. The molecule has 1 aromatic heterocycles. The first-order valence-electron chi connectivity index (χ1n) is 11.0. The second-order valence-corrected chi connectivity index (χ2v) is 8.12. The molecule has 1 fully saturated rings. The van der Waals surface area contributed by atoms with Gasteiger partial charge in [0.2, 0.25) is 0 Å². The molecule has 0 aliphatic carbocycles. The minimum absolute atomic E-state index is 0.0472. The number of ketones is 1. The Labute approximate surface area is 197 Å². The Morgan fingerprint density at radius 1 is 1.03 bits per heavy atom. The van der Waals surface area contributed by atoms with Crippen LogP contribution < -0.4 is 9.47 Å². The number of rotatable bonds is 8. The first kappa shape index (κ1) is 23.4. The summed E-state index contributed by atoms with van der Waals surface area (Å²) in [6.45, 7) is 0.760. The van der Waals surface area contributed by atoms with Crippen LogP contribution in [0.4, 0.5) is 0 Å². The van der Waals surface area contributed by atoms with Crippen molar-refractivity contribution in [2.75, 3.05) is 34.5 Å². The third-order valence-corrected chi connectivity index (χ3v) is 6.17. The van der Waals surface area contributed by atoms with Gasteiger partial charge in [-0.15, -0.1) is 0 Å².